The second kappa shape index (κ2) is 6.59. The fourth-order valence-electron chi connectivity index (χ4n) is 0.938. The number of Topliss-reactive ketones (excluding diaryl/α,β-unsaturated/α-hetero) is 1. The summed E-state index contributed by atoms with van der Waals surface area (Å²) in [4.78, 5) is 20.5. The van der Waals surface area contributed by atoms with E-state index in [-0.39, 0.29) is 6.29 Å². The first-order chi connectivity index (χ1) is 6.93. The van der Waals surface area contributed by atoms with Gasteiger partial charge in [-0.2, -0.15) is 0 Å². The third-order valence-electron chi connectivity index (χ3n) is 1.87. The Hall–Kier alpha value is -0.860. The largest absolute Gasteiger partial charge is 0.394 e. The predicted octanol–water partition coefficient (Wildman–Crippen LogP) is -3.42. The number of aldehydes is 1. The van der Waals surface area contributed by atoms with E-state index in [2.05, 4.69) is 0 Å². The molecule has 0 spiro atoms. The summed E-state index contributed by atoms with van der Waals surface area (Å²) >= 11 is 0. The highest BCUT2D eigenvalue weighted by atomic mass is 16.4. The van der Waals surface area contributed by atoms with Crippen molar-refractivity contribution in [1.82, 2.24) is 0 Å². The fourth-order valence-corrected chi connectivity index (χ4v) is 0.938. The summed E-state index contributed by atoms with van der Waals surface area (Å²) in [5, 5.41) is 44.8. The van der Waals surface area contributed by atoms with Crippen LogP contribution in [0.2, 0.25) is 0 Å². The summed E-state index contributed by atoms with van der Waals surface area (Å²) in [7, 11) is 0. The zero-order valence-electron chi connectivity index (χ0n) is 7.85. The van der Waals surface area contributed by atoms with Crippen LogP contribution < -0.4 is 0 Å². The van der Waals surface area contributed by atoms with Gasteiger partial charge in [0.05, 0.1) is 12.7 Å². The maximum atomic E-state index is 10.6. The molecule has 4 atom stereocenters. The molecule has 0 aromatic carbocycles. The lowest BCUT2D eigenvalue weighted by atomic mass is 10.00. The summed E-state index contributed by atoms with van der Waals surface area (Å²) in [6.07, 6.45) is -7.56. The lowest BCUT2D eigenvalue weighted by Gasteiger charge is -2.24. The molecule has 0 aliphatic carbocycles. The highest BCUT2D eigenvalue weighted by Gasteiger charge is 2.30. The molecule has 0 saturated carbocycles. The van der Waals surface area contributed by atoms with Crippen LogP contribution in [0.25, 0.3) is 0 Å². The molecule has 15 heavy (non-hydrogen) atoms. The van der Waals surface area contributed by atoms with Gasteiger partial charge in [0.2, 0.25) is 0 Å². The van der Waals surface area contributed by atoms with Gasteiger partial charge in [-0.25, -0.2) is 0 Å². The Labute approximate surface area is 85.6 Å². The highest BCUT2D eigenvalue weighted by Crippen LogP contribution is 2.07. The predicted molar refractivity (Wildman–Crippen MR) is 46.8 cm³/mol. The van der Waals surface area contributed by atoms with Crippen LogP contribution in [0.4, 0.5) is 0 Å². The molecule has 0 aromatic rings. The minimum Gasteiger partial charge on any atom is -0.394 e. The van der Waals surface area contributed by atoms with Crippen molar-refractivity contribution in [2.75, 3.05) is 6.61 Å². The van der Waals surface area contributed by atoms with Gasteiger partial charge in [-0.05, 0) is 0 Å². The zero-order chi connectivity index (χ0) is 12.0. The van der Waals surface area contributed by atoms with Gasteiger partial charge in [-0.15, -0.1) is 0 Å². The molecule has 0 saturated heterocycles. The van der Waals surface area contributed by atoms with E-state index in [1.165, 1.54) is 0 Å². The second-order valence-electron chi connectivity index (χ2n) is 3.09. The molecule has 0 radical (unpaired) electrons. The van der Waals surface area contributed by atoms with E-state index >= 15 is 0 Å². The van der Waals surface area contributed by atoms with E-state index in [1.54, 1.807) is 0 Å². The second-order valence-corrected chi connectivity index (χ2v) is 3.09. The SMILES string of the molecule is O=CC(=O)CC(O)C(O)C(O)C(O)CO. The number of ketones is 1. The summed E-state index contributed by atoms with van der Waals surface area (Å²) in [5.74, 6) is -0.938. The molecule has 0 amide bonds. The van der Waals surface area contributed by atoms with E-state index < -0.39 is 43.2 Å². The molecule has 4 unspecified atom stereocenters. The minimum atomic E-state index is -1.81. The molecule has 0 aliphatic rings. The molecule has 7 nitrogen and oxygen atoms in total. The number of carbonyl (C=O) groups is 2. The molecule has 5 N–H and O–H groups in total. The minimum absolute atomic E-state index is 0.0230. The van der Waals surface area contributed by atoms with Crippen molar-refractivity contribution in [3.05, 3.63) is 0 Å². The Balaban J connectivity index is 4.23. The number of carbonyl (C=O) groups excluding carboxylic acids is 2. The van der Waals surface area contributed by atoms with E-state index in [0.29, 0.717) is 0 Å². The van der Waals surface area contributed by atoms with Gasteiger partial charge < -0.3 is 25.5 Å². The third kappa shape index (κ3) is 4.45. The quantitative estimate of drug-likeness (QED) is 0.223. The van der Waals surface area contributed by atoms with E-state index in [1.807, 2.05) is 0 Å². The summed E-state index contributed by atoms with van der Waals surface area (Å²) in [6.45, 7) is -0.799. The van der Waals surface area contributed by atoms with E-state index in [0.717, 1.165) is 0 Å². The van der Waals surface area contributed by atoms with Crippen molar-refractivity contribution in [3.8, 4) is 0 Å². The number of rotatable bonds is 7. The van der Waals surface area contributed by atoms with E-state index in [9.17, 15) is 14.7 Å². The lowest BCUT2D eigenvalue weighted by molar-refractivity contribution is -0.138. The lowest BCUT2D eigenvalue weighted by Crippen LogP contribution is -2.46. The molecule has 0 aliphatic heterocycles. The molecule has 0 bridgehead atoms. The average Bonchev–Trinajstić information content (AvgIpc) is 2.25. The number of aliphatic hydroxyl groups is 5. The van der Waals surface area contributed by atoms with Crippen molar-refractivity contribution in [3.63, 3.8) is 0 Å². The molecule has 7 heteroatoms. The van der Waals surface area contributed by atoms with Gasteiger partial charge in [-0.3, -0.25) is 9.59 Å². The van der Waals surface area contributed by atoms with E-state index in [4.69, 9.17) is 20.4 Å². The molecule has 0 rings (SSSR count). The van der Waals surface area contributed by atoms with Gasteiger partial charge in [0.1, 0.15) is 18.3 Å². The number of hydrogen-bond acceptors (Lipinski definition) is 7. The maximum absolute atomic E-state index is 10.6. The zero-order valence-corrected chi connectivity index (χ0v) is 7.85. The molecular weight excluding hydrogens is 208 g/mol. The maximum Gasteiger partial charge on any atom is 0.197 e. The molecular formula is C8H14O7. The first kappa shape index (κ1) is 14.1. The van der Waals surface area contributed by atoms with Crippen molar-refractivity contribution >= 4 is 12.1 Å². The summed E-state index contributed by atoms with van der Waals surface area (Å²) < 4.78 is 0. The standard InChI is InChI=1S/C8H14O7/c9-2-4(11)1-5(12)7(14)8(15)6(13)3-10/h2,5-8,10,12-15H,1,3H2. The third-order valence-corrected chi connectivity index (χ3v) is 1.87. The Morgan fingerprint density at radius 3 is 1.93 bits per heavy atom. The van der Waals surface area contributed by atoms with Crippen LogP contribution in [0.15, 0.2) is 0 Å². The monoisotopic (exact) mass is 222 g/mol. The fraction of sp³-hybridized carbons (Fsp3) is 0.750. The van der Waals surface area contributed by atoms with Crippen molar-refractivity contribution < 1.29 is 35.1 Å². The van der Waals surface area contributed by atoms with Gasteiger partial charge in [-0.1, -0.05) is 0 Å². The van der Waals surface area contributed by atoms with Crippen molar-refractivity contribution in [2.45, 2.75) is 30.8 Å². The molecule has 0 aromatic heterocycles. The molecule has 0 heterocycles. The van der Waals surface area contributed by atoms with Gasteiger partial charge in [0.25, 0.3) is 0 Å². The summed E-state index contributed by atoms with van der Waals surface area (Å²) in [5.41, 5.74) is 0. The van der Waals surface area contributed by atoms with Gasteiger partial charge in [0, 0.05) is 6.42 Å². The van der Waals surface area contributed by atoms with Crippen LogP contribution in [0, 0.1) is 0 Å². The first-order valence-electron chi connectivity index (χ1n) is 4.25. The Morgan fingerprint density at radius 2 is 1.53 bits per heavy atom. The smallest absolute Gasteiger partial charge is 0.197 e. The van der Waals surface area contributed by atoms with Gasteiger partial charge >= 0.3 is 0 Å². The number of hydrogen-bond donors (Lipinski definition) is 5. The van der Waals surface area contributed by atoms with Crippen molar-refractivity contribution in [1.29, 1.82) is 0 Å². The molecule has 0 fully saturated rings. The first-order valence-corrected chi connectivity index (χ1v) is 4.25. The van der Waals surface area contributed by atoms with Crippen LogP contribution in [0.1, 0.15) is 6.42 Å². The Kier molecular flexibility index (Phi) is 6.21. The Morgan fingerprint density at radius 1 is 1.07 bits per heavy atom. The number of aliphatic hydroxyl groups excluding tert-OH is 5. The normalized spacial score (nSPS) is 19.0. The topological polar surface area (TPSA) is 135 Å². The summed E-state index contributed by atoms with van der Waals surface area (Å²) in [6, 6.07) is 0. The average molecular weight is 222 g/mol. The van der Waals surface area contributed by atoms with Crippen LogP contribution in [-0.2, 0) is 9.59 Å². The highest BCUT2D eigenvalue weighted by molar-refractivity contribution is 6.25. The van der Waals surface area contributed by atoms with Crippen LogP contribution in [0.3, 0.4) is 0 Å². The molecule has 88 valence electrons. The van der Waals surface area contributed by atoms with Crippen LogP contribution >= 0.6 is 0 Å². The van der Waals surface area contributed by atoms with Crippen LogP contribution in [0.5, 0.6) is 0 Å². The van der Waals surface area contributed by atoms with Gasteiger partial charge in [0.15, 0.2) is 12.1 Å². The Bertz CT molecular complexity index is 217. The van der Waals surface area contributed by atoms with Crippen LogP contribution in [-0.4, -0.2) is 68.6 Å². The van der Waals surface area contributed by atoms with Crippen molar-refractivity contribution in [2.24, 2.45) is 0 Å².